The number of halogens is 1. The molecular weight excluding hydrogens is 314 g/mol. The highest BCUT2D eigenvalue weighted by Crippen LogP contribution is 2.38. The van der Waals surface area contributed by atoms with Gasteiger partial charge < -0.3 is 4.90 Å². The fourth-order valence-electron chi connectivity index (χ4n) is 3.73. The summed E-state index contributed by atoms with van der Waals surface area (Å²) in [5.74, 6) is 1.76. The first-order valence-corrected chi connectivity index (χ1v) is 9.56. The monoisotopic (exact) mass is 341 g/mol. The smallest absolute Gasteiger partial charge is 0.0413 e. The highest BCUT2D eigenvalue weighted by atomic mass is 35.5. The first-order chi connectivity index (χ1) is 11.6. The molecule has 24 heavy (non-hydrogen) atoms. The Labute approximate surface area is 151 Å². The van der Waals surface area contributed by atoms with Gasteiger partial charge in [0, 0.05) is 23.3 Å². The number of hydrogen-bond donors (Lipinski definition) is 0. The third-order valence-corrected chi connectivity index (χ3v) is 5.94. The molecule has 1 nitrogen and oxygen atoms in total. The Morgan fingerprint density at radius 3 is 2.33 bits per heavy atom. The van der Waals surface area contributed by atoms with Crippen LogP contribution in [0.15, 0.2) is 54.6 Å². The van der Waals surface area contributed by atoms with Crippen molar-refractivity contribution in [1.29, 1.82) is 0 Å². The lowest BCUT2D eigenvalue weighted by Crippen LogP contribution is -2.30. The lowest BCUT2D eigenvalue weighted by molar-refractivity contribution is 0.430. The van der Waals surface area contributed by atoms with Crippen molar-refractivity contribution in [1.82, 2.24) is 0 Å². The molecule has 3 rings (SSSR count). The minimum atomic E-state index is 0.291. The molecule has 2 aromatic rings. The number of benzene rings is 2. The van der Waals surface area contributed by atoms with Gasteiger partial charge in [-0.3, -0.25) is 0 Å². The zero-order valence-electron chi connectivity index (χ0n) is 15.0. The van der Waals surface area contributed by atoms with Gasteiger partial charge in [0.05, 0.1) is 0 Å². The average molecular weight is 342 g/mol. The molecule has 1 aliphatic rings. The fourth-order valence-corrected chi connectivity index (χ4v) is 4.19. The van der Waals surface area contributed by atoms with Crippen LogP contribution in [-0.2, 0) is 0 Å². The van der Waals surface area contributed by atoms with Crippen molar-refractivity contribution >= 4 is 23.0 Å². The summed E-state index contributed by atoms with van der Waals surface area (Å²) in [5, 5.41) is 0.291. The molecule has 2 aromatic carbocycles. The molecule has 2 heteroatoms. The minimum absolute atomic E-state index is 0.291. The van der Waals surface area contributed by atoms with Gasteiger partial charge in [0.15, 0.2) is 0 Å². The zero-order valence-corrected chi connectivity index (χ0v) is 15.7. The summed E-state index contributed by atoms with van der Waals surface area (Å²) in [6.07, 6.45) is 2.38. The number of para-hydroxylation sites is 1. The summed E-state index contributed by atoms with van der Waals surface area (Å²) in [6, 6.07) is 19.7. The van der Waals surface area contributed by atoms with E-state index in [9.17, 15) is 0 Å². The number of alkyl halides is 1. The normalized spacial score (nSPS) is 23.6. The Hall–Kier alpha value is -1.47. The van der Waals surface area contributed by atoms with Crippen molar-refractivity contribution in [2.75, 3.05) is 11.4 Å². The van der Waals surface area contributed by atoms with Crippen molar-refractivity contribution in [3.05, 3.63) is 60.2 Å². The fraction of sp³-hybridized carbons (Fsp3) is 0.455. The van der Waals surface area contributed by atoms with Gasteiger partial charge in [-0.05, 0) is 60.4 Å². The first kappa shape index (κ1) is 17.4. The van der Waals surface area contributed by atoms with Gasteiger partial charge >= 0.3 is 0 Å². The van der Waals surface area contributed by atoms with Crippen molar-refractivity contribution in [2.45, 2.75) is 44.9 Å². The predicted molar refractivity (Wildman–Crippen MR) is 106 cm³/mol. The molecule has 0 N–H and O–H groups in total. The molecule has 1 saturated carbocycles. The van der Waals surface area contributed by atoms with Crippen molar-refractivity contribution in [3.8, 4) is 0 Å². The van der Waals surface area contributed by atoms with Crippen molar-refractivity contribution in [2.24, 2.45) is 11.8 Å². The molecule has 0 aliphatic heterocycles. The van der Waals surface area contributed by atoms with Crippen LogP contribution >= 0.6 is 11.6 Å². The van der Waals surface area contributed by atoms with Gasteiger partial charge in [-0.25, -0.2) is 0 Å². The summed E-state index contributed by atoms with van der Waals surface area (Å²) in [4.78, 5) is 2.45. The number of anilines is 2. The van der Waals surface area contributed by atoms with E-state index in [1.165, 1.54) is 23.4 Å². The molecule has 128 valence electrons. The number of rotatable bonds is 5. The van der Waals surface area contributed by atoms with Crippen molar-refractivity contribution < 1.29 is 0 Å². The molecule has 1 unspecified atom stereocenters. The zero-order chi connectivity index (χ0) is 17.1. The van der Waals surface area contributed by atoms with Crippen LogP contribution < -0.4 is 4.90 Å². The highest BCUT2D eigenvalue weighted by molar-refractivity contribution is 6.21. The summed E-state index contributed by atoms with van der Waals surface area (Å²) in [7, 11) is 0. The van der Waals surface area contributed by atoms with E-state index in [-0.39, 0.29) is 0 Å². The van der Waals surface area contributed by atoms with Crippen LogP contribution in [0.1, 0.15) is 45.1 Å². The maximum Gasteiger partial charge on any atom is 0.0413 e. The lowest BCUT2D eigenvalue weighted by Gasteiger charge is -2.31. The third-order valence-electron chi connectivity index (χ3n) is 5.40. The summed E-state index contributed by atoms with van der Waals surface area (Å²) < 4.78 is 0. The maximum atomic E-state index is 6.65. The van der Waals surface area contributed by atoms with E-state index in [1.54, 1.807) is 0 Å². The highest BCUT2D eigenvalue weighted by Gasteiger charge is 2.33. The molecule has 0 radical (unpaired) electrons. The van der Waals surface area contributed by atoms with Crippen LogP contribution in [0.5, 0.6) is 0 Å². The van der Waals surface area contributed by atoms with Gasteiger partial charge in [0.1, 0.15) is 0 Å². The van der Waals surface area contributed by atoms with E-state index in [2.05, 4.69) is 80.3 Å². The van der Waals surface area contributed by atoms with Gasteiger partial charge in [-0.15, -0.1) is 11.6 Å². The van der Waals surface area contributed by atoms with Crippen LogP contribution in [0.2, 0.25) is 0 Å². The third kappa shape index (κ3) is 3.78. The van der Waals surface area contributed by atoms with Crippen LogP contribution in [0.25, 0.3) is 0 Å². The van der Waals surface area contributed by atoms with Gasteiger partial charge in [0.2, 0.25) is 0 Å². The molecule has 0 bridgehead atoms. The van der Waals surface area contributed by atoms with Gasteiger partial charge in [-0.2, -0.15) is 0 Å². The number of hydrogen-bond acceptors (Lipinski definition) is 1. The molecule has 1 fully saturated rings. The van der Waals surface area contributed by atoms with Crippen molar-refractivity contribution in [3.63, 3.8) is 0 Å². The Morgan fingerprint density at radius 2 is 1.71 bits per heavy atom. The number of nitrogens with zero attached hydrogens (tertiary/aromatic N) is 1. The summed E-state index contributed by atoms with van der Waals surface area (Å²) in [5.41, 5.74) is 3.91. The van der Waals surface area contributed by atoms with Crippen LogP contribution in [0.4, 0.5) is 11.4 Å². The standard InChI is InChI=1S/C22H28ClN/c1-16(2)18-8-7-11-20(14-18)24(19-9-5-4-6-10-19)15-21-17(3)12-13-22(21)23/h4-11,14,16-17,21-22H,12-13,15H2,1-3H3/t17-,21+,22?/m0/s1. The van der Waals surface area contributed by atoms with Crippen LogP contribution in [0, 0.1) is 11.8 Å². The van der Waals surface area contributed by atoms with Crippen LogP contribution in [-0.4, -0.2) is 11.9 Å². The second-order valence-corrected chi connectivity index (χ2v) is 7.99. The summed E-state index contributed by atoms with van der Waals surface area (Å²) in [6.45, 7) is 7.83. The molecule has 1 aliphatic carbocycles. The van der Waals surface area contributed by atoms with Gasteiger partial charge in [-0.1, -0.05) is 51.1 Å². The maximum absolute atomic E-state index is 6.65. The Morgan fingerprint density at radius 1 is 1.00 bits per heavy atom. The lowest BCUT2D eigenvalue weighted by atomic mass is 9.96. The largest absolute Gasteiger partial charge is 0.341 e. The molecule has 0 heterocycles. The van der Waals surface area contributed by atoms with Crippen LogP contribution in [0.3, 0.4) is 0 Å². The molecule has 0 amide bonds. The van der Waals surface area contributed by atoms with Gasteiger partial charge in [0.25, 0.3) is 0 Å². The van der Waals surface area contributed by atoms with E-state index >= 15 is 0 Å². The second kappa shape index (κ2) is 7.61. The van der Waals surface area contributed by atoms with E-state index < -0.39 is 0 Å². The first-order valence-electron chi connectivity index (χ1n) is 9.13. The SMILES string of the molecule is CC(C)c1cccc(N(C[C@H]2C(Cl)CC[C@@H]2C)c2ccccc2)c1. The molecule has 0 spiro atoms. The topological polar surface area (TPSA) is 3.24 Å². The predicted octanol–water partition coefficient (Wildman–Crippen LogP) is 6.60. The van der Waals surface area contributed by atoms with E-state index in [0.29, 0.717) is 23.1 Å². The Balaban J connectivity index is 1.95. The Kier molecular flexibility index (Phi) is 5.50. The second-order valence-electron chi connectivity index (χ2n) is 7.43. The molecule has 0 aromatic heterocycles. The Bertz CT molecular complexity index is 642. The quantitative estimate of drug-likeness (QED) is 0.553. The van der Waals surface area contributed by atoms with E-state index in [4.69, 9.17) is 11.6 Å². The van der Waals surface area contributed by atoms with E-state index in [0.717, 1.165) is 13.0 Å². The molecular formula is C22H28ClN. The summed E-state index contributed by atoms with van der Waals surface area (Å²) >= 11 is 6.65. The minimum Gasteiger partial charge on any atom is -0.341 e. The average Bonchev–Trinajstić information content (AvgIpc) is 2.92. The molecule has 3 atom stereocenters. The molecule has 0 saturated heterocycles. The van der Waals surface area contributed by atoms with E-state index in [1.807, 2.05) is 0 Å².